The zero-order valence-corrected chi connectivity index (χ0v) is 12.3. The molecule has 8 heteroatoms. The Kier molecular flexibility index (Phi) is 10.4. The van der Waals surface area contributed by atoms with Crippen LogP contribution >= 0.6 is 7.60 Å². The van der Waals surface area contributed by atoms with Crippen molar-refractivity contribution < 1.29 is 24.0 Å². The number of carbonyl (C=O) groups is 1. The maximum absolute atomic E-state index is 11.3. The number of amides is 1. The van der Waals surface area contributed by atoms with Crippen molar-refractivity contribution in [2.45, 2.75) is 19.8 Å². The molecule has 0 spiro atoms. The molecule has 0 fully saturated rings. The second-order valence-corrected chi connectivity index (χ2v) is 6.21. The van der Waals surface area contributed by atoms with Gasteiger partial charge in [0.1, 0.15) is 0 Å². The molecule has 0 saturated carbocycles. The summed E-state index contributed by atoms with van der Waals surface area (Å²) in [6, 6.07) is 9.72. The Morgan fingerprint density at radius 1 is 1.29 bits per heavy atom. The van der Waals surface area contributed by atoms with Crippen molar-refractivity contribution in [1.29, 1.82) is 0 Å². The van der Waals surface area contributed by atoms with Gasteiger partial charge in [0.25, 0.3) is 0 Å². The van der Waals surface area contributed by atoms with Crippen molar-refractivity contribution >= 4 is 43.1 Å². The Morgan fingerprint density at radius 3 is 2.43 bits per heavy atom. The monoisotopic (exact) mass is 325 g/mol. The first-order chi connectivity index (χ1) is 9.38. The van der Waals surface area contributed by atoms with Crippen LogP contribution in [-0.2, 0) is 20.6 Å². The molecule has 0 unspecified atom stereocenters. The van der Waals surface area contributed by atoms with Crippen molar-refractivity contribution in [3.8, 4) is 0 Å². The zero-order valence-electron chi connectivity index (χ0n) is 11.4. The van der Waals surface area contributed by atoms with Crippen molar-refractivity contribution in [3.63, 3.8) is 0 Å². The third-order valence-electron chi connectivity index (χ3n) is 2.64. The van der Waals surface area contributed by atoms with E-state index >= 15 is 0 Å². The summed E-state index contributed by atoms with van der Waals surface area (Å²) in [6.45, 7) is 1.88. The van der Waals surface area contributed by atoms with E-state index in [1.54, 1.807) is 0 Å². The van der Waals surface area contributed by atoms with E-state index in [0.29, 0.717) is 13.0 Å². The summed E-state index contributed by atoms with van der Waals surface area (Å²) in [7, 11) is -4.02. The Hall–Kier alpha value is -0.200. The summed E-state index contributed by atoms with van der Waals surface area (Å²) in [5.41, 5.74) is 1.10. The molecule has 1 rings (SSSR count). The molecule has 0 aromatic heterocycles. The summed E-state index contributed by atoms with van der Waals surface area (Å²) in [4.78, 5) is 34.2. The van der Waals surface area contributed by atoms with E-state index in [4.69, 9.17) is 14.6 Å². The van der Waals surface area contributed by atoms with Crippen molar-refractivity contribution in [2.75, 3.05) is 19.3 Å². The summed E-state index contributed by atoms with van der Waals surface area (Å²) in [5.74, 6) is -0.274. The van der Waals surface area contributed by atoms with Gasteiger partial charge in [-0.3, -0.25) is 14.2 Å². The Bertz CT molecular complexity index is 465. The van der Waals surface area contributed by atoms with Gasteiger partial charge >= 0.3 is 37.2 Å². The number of nitrogens with zero attached hydrogens (tertiary/aromatic N) is 1. The van der Waals surface area contributed by atoms with Crippen LogP contribution < -0.4 is 0 Å². The van der Waals surface area contributed by atoms with Gasteiger partial charge in [-0.25, -0.2) is 5.06 Å². The average Bonchev–Trinajstić information content (AvgIpc) is 2.36. The van der Waals surface area contributed by atoms with Crippen molar-refractivity contribution in [1.82, 2.24) is 5.06 Å². The van der Waals surface area contributed by atoms with Gasteiger partial charge < -0.3 is 9.79 Å². The quantitative estimate of drug-likeness (QED) is 0.422. The molecule has 0 saturated heterocycles. The van der Waals surface area contributed by atoms with Crippen LogP contribution in [0.25, 0.3) is 0 Å². The molecular weight excluding hydrogens is 304 g/mol. The summed E-state index contributed by atoms with van der Waals surface area (Å²) in [5, 5.41) is 1.15. The minimum atomic E-state index is -4.02. The van der Waals surface area contributed by atoms with Gasteiger partial charge in [-0.05, 0) is 18.4 Å². The maximum atomic E-state index is 11.3. The number of hydroxylamine groups is 2. The van der Waals surface area contributed by atoms with E-state index < -0.39 is 7.60 Å². The van der Waals surface area contributed by atoms with E-state index in [1.165, 1.54) is 6.92 Å². The first-order valence-electron chi connectivity index (χ1n) is 6.38. The molecule has 0 aliphatic rings. The van der Waals surface area contributed by atoms with E-state index in [-0.39, 0.29) is 54.6 Å². The number of hydrogen-bond acceptors (Lipinski definition) is 3. The van der Waals surface area contributed by atoms with Gasteiger partial charge in [0.15, 0.2) is 0 Å². The summed E-state index contributed by atoms with van der Waals surface area (Å²) >= 11 is 0. The van der Waals surface area contributed by atoms with E-state index in [2.05, 4.69) is 0 Å². The van der Waals surface area contributed by atoms with Gasteiger partial charge in [0, 0.05) is 13.5 Å². The number of benzene rings is 1. The molecule has 0 atom stereocenters. The van der Waals surface area contributed by atoms with Gasteiger partial charge in [-0.1, -0.05) is 30.3 Å². The first-order valence-corrected chi connectivity index (χ1v) is 8.18. The number of rotatable bonds is 8. The van der Waals surface area contributed by atoms with Crippen LogP contribution in [0.5, 0.6) is 0 Å². The fourth-order valence-corrected chi connectivity index (χ4v) is 2.20. The third-order valence-corrected chi connectivity index (χ3v) is 3.54. The SMILES string of the molecule is CC(=O)N(CCCP(=O)(O)O)OCCc1ccccc1.[NaH]. The second kappa shape index (κ2) is 10.5. The standard InChI is InChI=1S/C13H20NO5P.Na.H/c1-12(15)14(9-5-11-20(16,17)18)19-10-8-13-6-3-2-4-7-13;;/h2-4,6-7H,5,8-11H2,1H3,(H2,16,17,18);;. The third kappa shape index (κ3) is 10.2. The molecule has 21 heavy (non-hydrogen) atoms. The van der Waals surface area contributed by atoms with Crippen molar-refractivity contribution in [3.05, 3.63) is 35.9 Å². The molecule has 6 nitrogen and oxygen atoms in total. The van der Waals surface area contributed by atoms with E-state index in [0.717, 1.165) is 10.6 Å². The molecule has 1 amide bonds. The molecule has 0 bridgehead atoms. The fraction of sp³-hybridized carbons (Fsp3) is 0.462. The van der Waals surface area contributed by atoms with E-state index in [1.807, 2.05) is 30.3 Å². The van der Waals surface area contributed by atoms with Crippen LogP contribution in [-0.4, -0.2) is 69.6 Å². The molecule has 114 valence electrons. The molecule has 1 aromatic carbocycles. The van der Waals surface area contributed by atoms with Crippen LogP contribution in [0.2, 0.25) is 0 Å². The minimum absolute atomic E-state index is 0. The Balaban J connectivity index is 0.00000400. The van der Waals surface area contributed by atoms with Gasteiger partial charge in [0.05, 0.1) is 12.8 Å². The molecule has 2 N–H and O–H groups in total. The Morgan fingerprint density at radius 2 is 1.90 bits per heavy atom. The molecule has 0 aliphatic heterocycles. The van der Waals surface area contributed by atoms with Crippen LogP contribution in [0.1, 0.15) is 18.9 Å². The van der Waals surface area contributed by atoms with Crippen LogP contribution in [0.15, 0.2) is 30.3 Å². The molecule has 0 radical (unpaired) electrons. The predicted octanol–water partition coefficient (Wildman–Crippen LogP) is 0.928. The number of carbonyl (C=O) groups excluding carboxylic acids is 1. The van der Waals surface area contributed by atoms with Gasteiger partial charge in [-0.2, -0.15) is 0 Å². The molecule has 0 heterocycles. The summed E-state index contributed by atoms with van der Waals surface area (Å²) in [6.07, 6.45) is 0.622. The van der Waals surface area contributed by atoms with Crippen LogP contribution in [0.3, 0.4) is 0 Å². The molecular formula is C13H21NNaO5P. The molecule has 1 aromatic rings. The normalized spacial score (nSPS) is 10.8. The fourth-order valence-electron chi connectivity index (χ4n) is 1.65. The Labute approximate surface area is 146 Å². The second-order valence-electron chi connectivity index (χ2n) is 4.43. The van der Waals surface area contributed by atoms with Gasteiger partial charge in [0.2, 0.25) is 5.91 Å². The molecule has 0 aliphatic carbocycles. The number of hydrogen-bond donors (Lipinski definition) is 2. The topological polar surface area (TPSA) is 87.1 Å². The van der Waals surface area contributed by atoms with E-state index in [9.17, 15) is 9.36 Å². The zero-order chi connectivity index (χ0) is 15.0. The van der Waals surface area contributed by atoms with Crippen LogP contribution in [0.4, 0.5) is 0 Å². The summed E-state index contributed by atoms with van der Waals surface area (Å²) < 4.78 is 10.7. The van der Waals surface area contributed by atoms with Gasteiger partial charge in [-0.15, -0.1) is 0 Å². The van der Waals surface area contributed by atoms with Crippen LogP contribution in [0, 0.1) is 0 Å². The average molecular weight is 325 g/mol. The predicted molar refractivity (Wildman–Crippen MR) is 82.2 cm³/mol. The first kappa shape index (κ1) is 20.8. The van der Waals surface area contributed by atoms with Crippen molar-refractivity contribution in [2.24, 2.45) is 0 Å².